The molecule has 5 rings (SSSR count). The van der Waals surface area contributed by atoms with E-state index >= 15 is 0 Å². The molecule has 1 unspecified atom stereocenters. The molecule has 38 heavy (non-hydrogen) atoms. The number of ether oxygens (including phenoxy) is 2. The Morgan fingerprint density at radius 3 is 2.66 bits per heavy atom. The maximum Gasteiger partial charge on any atom is 0.255 e. The van der Waals surface area contributed by atoms with Crippen LogP contribution in [0.3, 0.4) is 0 Å². The lowest BCUT2D eigenvalue weighted by atomic mass is 9.78. The van der Waals surface area contributed by atoms with E-state index in [1.807, 2.05) is 68.4 Å². The highest BCUT2D eigenvalue weighted by Crippen LogP contribution is 2.40. The summed E-state index contributed by atoms with van der Waals surface area (Å²) >= 11 is 0. The summed E-state index contributed by atoms with van der Waals surface area (Å²) in [6, 6.07) is 21.0. The Labute approximate surface area is 223 Å². The number of aliphatic hydroxyl groups excluding tert-OH is 1. The number of carbonyl (C=O) groups excluding carboxylic acids is 1. The number of H-pyrrole nitrogens is 1. The monoisotopic (exact) mass is 508 g/mol. The van der Waals surface area contributed by atoms with E-state index in [9.17, 15) is 9.90 Å². The van der Waals surface area contributed by atoms with Crippen molar-refractivity contribution in [1.82, 2.24) is 10.3 Å². The molecule has 1 amide bonds. The van der Waals surface area contributed by atoms with Crippen molar-refractivity contribution in [2.75, 3.05) is 13.7 Å². The molecule has 0 fully saturated rings. The average molecular weight is 509 g/mol. The SMILES string of the molecule is COc1ccccc1C#Cc1ccc(OC(C)C)c(C(=O)NC2(CO)CCCc3[nH]c4ccccc4c32)c1. The number of nitrogens with one attached hydrogen (secondary N) is 2. The molecular weight excluding hydrogens is 476 g/mol. The first-order valence-corrected chi connectivity index (χ1v) is 12.9. The van der Waals surface area contributed by atoms with E-state index in [-0.39, 0.29) is 18.6 Å². The Balaban J connectivity index is 1.53. The van der Waals surface area contributed by atoms with Crippen LogP contribution in [-0.2, 0) is 12.0 Å². The summed E-state index contributed by atoms with van der Waals surface area (Å²) in [4.78, 5) is 17.4. The number of fused-ring (bicyclic) bond motifs is 3. The van der Waals surface area contributed by atoms with Crippen LogP contribution >= 0.6 is 0 Å². The van der Waals surface area contributed by atoms with Gasteiger partial charge in [-0.15, -0.1) is 0 Å². The molecule has 0 aliphatic heterocycles. The lowest BCUT2D eigenvalue weighted by molar-refractivity contribution is 0.0795. The van der Waals surface area contributed by atoms with Crippen LogP contribution in [0.25, 0.3) is 10.9 Å². The molecule has 1 atom stereocenters. The normalized spacial score (nSPS) is 16.4. The van der Waals surface area contributed by atoms with Gasteiger partial charge < -0.3 is 24.9 Å². The second kappa shape index (κ2) is 10.6. The maximum atomic E-state index is 13.9. The van der Waals surface area contributed by atoms with Gasteiger partial charge in [-0.25, -0.2) is 0 Å². The van der Waals surface area contributed by atoms with Crippen LogP contribution in [0.5, 0.6) is 11.5 Å². The van der Waals surface area contributed by atoms with E-state index in [0.29, 0.717) is 29.0 Å². The fraction of sp³-hybridized carbons (Fsp3) is 0.281. The minimum atomic E-state index is -0.904. The highest BCUT2D eigenvalue weighted by Gasteiger charge is 2.40. The number of carbonyl (C=O) groups is 1. The third-order valence-corrected chi connectivity index (χ3v) is 6.95. The van der Waals surface area contributed by atoms with Gasteiger partial charge in [-0.1, -0.05) is 42.2 Å². The number of benzene rings is 3. The molecule has 6 nitrogen and oxygen atoms in total. The lowest BCUT2D eigenvalue weighted by Crippen LogP contribution is -2.50. The van der Waals surface area contributed by atoms with Gasteiger partial charge in [-0.05, 0) is 69.5 Å². The number of aromatic amines is 1. The molecular formula is C32H32N2O4. The number of rotatable bonds is 6. The molecule has 1 aliphatic carbocycles. The molecule has 3 N–H and O–H groups in total. The Morgan fingerprint density at radius 2 is 1.87 bits per heavy atom. The molecule has 1 aliphatic rings. The van der Waals surface area contributed by atoms with Gasteiger partial charge in [0.25, 0.3) is 5.91 Å². The van der Waals surface area contributed by atoms with Crippen LogP contribution in [0.1, 0.15) is 59.4 Å². The molecule has 1 aromatic heterocycles. The van der Waals surface area contributed by atoms with Gasteiger partial charge in [0.2, 0.25) is 0 Å². The zero-order chi connectivity index (χ0) is 26.7. The highest BCUT2D eigenvalue weighted by molar-refractivity contribution is 5.98. The van der Waals surface area contributed by atoms with E-state index in [1.165, 1.54) is 0 Å². The fourth-order valence-electron chi connectivity index (χ4n) is 5.26. The van der Waals surface area contributed by atoms with E-state index in [2.05, 4.69) is 22.1 Å². The number of amides is 1. The largest absolute Gasteiger partial charge is 0.495 e. The van der Waals surface area contributed by atoms with Crippen molar-refractivity contribution in [2.45, 2.75) is 44.8 Å². The second-order valence-corrected chi connectivity index (χ2v) is 9.90. The summed E-state index contributed by atoms with van der Waals surface area (Å²) in [5.41, 5.74) is 3.94. The van der Waals surface area contributed by atoms with Crippen molar-refractivity contribution in [1.29, 1.82) is 0 Å². The predicted molar refractivity (Wildman–Crippen MR) is 149 cm³/mol. The quantitative estimate of drug-likeness (QED) is 0.308. The molecule has 0 saturated heterocycles. The summed E-state index contributed by atoms with van der Waals surface area (Å²) in [7, 11) is 1.61. The molecule has 194 valence electrons. The number of methoxy groups -OCH3 is 1. The predicted octanol–water partition coefficient (Wildman–Crippen LogP) is 5.32. The van der Waals surface area contributed by atoms with Gasteiger partial charge in [0, 0.05) is 27.7 Å². The van der Waals surface area contributed by atoms with Crippen LogP contribution in [0, 0.1) is 11.8 Å². The van der Waals surface area contributed by atoms with Crippen LogP contribution in [0.4, 0.5) is 0 Å². The lowest BCUT2D eigenvalue weighted by Gasteiger charge is -2.37. The van der Waals surface area contributed by atoms with Gasteiger partial charge in [-0.2, -0.15) is 0 Å². The summed E-state index contributed by atoms with van der Waals surface area (Å²) < 4.78 is 11.4. The maximum absolute atomic E-state index is 13.9. The van der Waals surface area contributed by atoms with Crippen LogP contribution < -0.4 is 14.8 Å². The third-order valence-electron chi connectivity index (χ3n) is 6.95. The molecule has 1 heterocycles. The number of hydrogen-bond acceptors (Lipinski definition) is 4. The zero-order valence-corrected chi connectivity index (χ0v) is 21.9. The van der Waals surface area contributed by atoms with Crippen molar-refractivity contribution in [3.63, 3.8) is 0 Å². The van der Waals surface area contributed by atoms with Crippen LogP contribution in [-0.4, -0.2) is 35.8 Å². The fourth-order valence-corrected chi connectivity index (χ4v) is 5.26. The second-order valence-electron chi connectivity index (χ2n) is 9.90. The highest BCUT2D eigenvalue weighted by atomic mass is 16.5. The number of hydrogen-bond donors (Lipinski definition) is 3. The van der Waals surface area contributed by atoms with Crippen LogP contribution in [0.15, 0.2) is 66.7 Å². The Kier molecular flexibility index (Phi) is 7.13. The standard InChI is InChI=1S/C32H32N2O4/c1-21(2)38-29-17-15-22(14-16-23-9-4-7-13-28(23)37-3)19-25(29)31(36)34-32(20-35)18-8-12-27-30(32)24-10-5-6-11-26(24)33-27/h4-7,9-11,13,15,17,19,21,33,35H,8,12,18,20H2,1-3H3,(H,34,36). The van der Waals surface area contributed by atoms with Crippen LogP contribution in [0.2, 0.25) is 0 Å². The Hall–Kier alpha value is -4.21. The minimum Gasteiger partial charge on any atom is -0.495 e. The third kappa shape index (κ3) is 4.85. The molecule has 0 bridgehead atoms. The summed E-state index contributed by atoms with van der Waals surface area (Å²) in [5.74, 6) is 7.15. The smallest absolute Gasteiger partial charge is 0.255 e. The first-order valence-electron chi connectivity index (χ1n) is 12.9. The van der Waals surface area contributed by atoms with E-state index in [0.717, 1.165) is 40.6 Å². The van der Waals surface area contributed by atoms with Gasteiger partial charge >= 0.3 is 0 Å². The van der Waals surface area contributed by atoms with Gasteiger partial charge in [0.1, 0.15) is 11.5 Å². The Bertz CT molecular complexity index is 1540. The number of para-hydroxylation sites is 2. The molecule has 3 aromatic carbocycles. The average Bonchev–Trinajstić information content (AvgIpc) is 3.32. The van der Waals surface area contributed by atoms with Crippen molar-refractivity contribution in [3.05, 3.63) is 94.7 Å². The van der Waals surface area contributed by atoms with Crippen molar-refractivity contribution < 1.29 is 19.4 Å². The topological polar surface area (TPSA) is 83.6 Å². The van der Waals surface area contributed by atoms with Crippen molar-refractivity contribution in [3.8, 4) is 23.3 Å². The number of aromatic nitrogens is 1. The van der Waals surface area contributed by atoms with Gasteiger partial charge in [-0.3, -0.25) is 4.79 Å². The summed E-state index contributed by atoms with van der Waals surface area (Å²) in [5, 5.41) is 14.9. The zero-order valence-electron chi connectivity index (χ0n) is 21.9. The molecule has 6 heteroatoms. The minimum absolute atomic E-state index is 0.117. The van der Waals surface area contributed by atoms with E-state index < -0.39 is 5.54 Å². The molecule has 0 spiro atoms. The molecule has 4 aromatic rings. The number of aliphatic hydroxyl groups is 1. The van der Waals surface area contributed by atoms with E-state index in [1.54, 1.807) is 19.2 Å². The number of aryl methyl sites for hydroxylation is 1. The summed E-state index contributed by atoms with van der Waals surface area (Å²) in [6.07, 6.45) is 2.24. The van der Waals surface area contributed by atoms with Crippen molar-refractivity contribution in [2.24, 2.45) is 0 Å². The van der Waals surface area contributed by atoms with Gasteiger partial charge in [0.15, 0.2) is 0 Å². The molecule has 0 saturated carbocycles. The summed E-state index contributed by atoms with van der Waals surface area (Å²) in [6.45, 7) is 3.64. The van der Waals surface area contributed by atoms with Gasteiger partial charge in [0.05, 0.1) is 36.5 Å². The first kappa shape index (κ1) is 25.4. The first-order chi connectivity index (χ1) is 18.4. The molecule has 0 radical (unpaired) electrons. The van der Waals surface area contributed by atoms with E-state index in [4.69, 9.17) is 9.47 Å². The Morgan fingerprint density at radius 1 is 1.08 bits per heavy atom. The van der Waals surface area contributed by atoms with Crippen molar-refractivity contribution >= 4 is 16.8 Å².